The highest BCUT2D eigenvalue weighted by molar-refractivity contribution is 6.33. The summed E-state index contributed by atoms with van der Waals surface area (Å²) in [7, 11) is 0. The average molecular weight is 362 g/mol. The van der Waals surface area contributed by atoms with Gasteiger partial charge in [0.05, 0.1) is 11.2 Å². The van der Waals surface area contributed by atoms with Crippen molar-refractivity contribution in [1.29, 1.82) is 0 Å². The van der Waals surface area contributed by atoms with Crippen molar-refractivity contribution in [2.45, 2.75) is 39.3 Å². The molecule has 2 aromatic rings. The van der Waals surface area contributed by atoms with Crippen molar-refractivity contribution in [2.75, 3.05) is 0 Å². The average Bonchev–Trinajstić information content (AvgIpc) is 2.59. The highest BCUT2D eigenvalue weighted by Crippen LogP contribution is 2.20. The predicted octanol–water partition coefficient (Wildman–Crippen LogP) is 3.37. The third kappa shape index (κ3) is 4.54. The summed E-state index contributed by atoms with van der Waals surface area (Å²) in [6.07, 6.45) is 1.38. The first-order chi connectivity index (χ1) is 11.8. The topological polar surface area (TPSA) is 83.4 Å². The lowest BCUT2D eigenvalue weighted by atomic mass is 10.1. The van der Waals surface area contributed by atoms with E-state index >= 15 is 0 Å². The maximum absolute atomic E-state index is 13.0. The van der Waals surface area contributed by atoms with Crippen LogP contribution in [0.3, 0.4) is 0 Å². The fraction of sp³-hybridized carbons (Fsp3) is 0.333. The molecule has 0 saturated heterocycles. The fourth-order valence-corrected chi connectivity index (χ4v) is 2.41. The quantitative estimate of drug-likeness (QED) is 0.852. The Balaban J connectivity index is 2.41. The largest absolute Gasteiger partial charge is 0.480 e. The Labute approximate surface area is 151 Å². The van der Waals surface area contributed by atoms with Gasteiger partial charge in [0, 0.05) is 12.5 Å². The van der Waals surface area contributed by atoms with Gasteiger partial charge in [-0.1, -0.05) is 55.8 Å². The van der Waals surface area contributed by atoms with E-state index in [-0.39, 0.29) is 23.2 Å². The number of halogens is 1. The van der Waals surface area contributed by atoms with Crippen molar-refractivity contribution in [3.05, 3.63) is 58.6 Å². The van der Waals surface area contributed by atoms with Gasteiger partial charge in [0.15, 0.2) is 5.69 Å². The Morgan fingerprint density at radius 2 is 1.84 bits per heavy atom. The number of hydrogen-bond donors (Lipinski definition) is 1. The number of nitrogens with zero attached hydrogens (tertiary/aromatic N) is 3. The molecule has 0 aliphatic carbocycles. The number of carboxylic acid groups (broad SMARTS) is 1. The van der Waals surface area contributed by atoms with E-state index in [4.69, 9.17) is 11.6 Å². The van der Waals surface area contributed by atoms with E-state index < -0.39 is 17.9 Å². The Hall–Kier alpha value is -2.47. The summed E-state index contributed by atoms with van der Waals surface area (Å²) >= 11 is 6.11. The standard InChI is InChI=1S/C18H20ClN3O3/c1-11(2)16-20-9-14(19)15(21-16)17(23)22(12(3)18(24)25)10-13-7-5-4-6-8-13/h4-9,11-12H,10H2,1-3H3,(H,24,25). The first-order valence-corrected chi connectivity index (χ1v) is 8.29. The third-order valence-corrected chi connectivity index (χ3v) is 4.04. The second-order valence-corrected chi connectivity index (χ2v) is 6.42. The Morgan fingerprint density at radius 3 is 2.40 bits per heavy atom. The molecule has 0 fully saturated rings. The highest BCUT2D eigenvalue weighted by atomic mass is 35.5. The number of aliphatic carboxylic acids is 1. The molecule has 6 nitrogen and oxygen atoms in total. The minimum Gasteiger partial charge on any atom is -0.480 e. The van der Waals surface area contributed by atoms with E-state index in [1.165, 1.54) is 18.0 Å². The van der Waals surface area contributed by atoms with Crippen LogP contribution < -0.4 is 0 Å². The maximum Gasteiger partial charge on any atom is 0.326 e. The maximum atomic E-state index is 13.0. The molecule has 1 atom stereocenters. The van der Waals surface area contributed by atoms with Crippen LogP contribution >= 0.6 is 11.6 Å². The summed E-state index contributed by atoms with van der Waals surface area (Å²) in [5, 5.41) is 9.48. The van der Waals surface area contributed by atoms with Crippen molar-refractivity contribution >= 4 is 23.5 Å². The molecule has 0 spiro atoms. The van der Waals surface area contributed by atoms with Crippen LogP contribution in [0.1, 0.15) is 48.6 Å². The van der Waals surface area contributed by atoms with E-state index in [0.717, 1.165) is 5.56 Å². The van der Waals surface area contributed by atoms with Crippen LogP contribution in [0.4, 0.5) is 0 Å². The molecule has 0 bridgehead atoms. The van der Waals surface area contributed by atoms with Crippen LogP contribution in [0, 0.1) is 0 Å². The van der Waals surface area contributed by atoms with Crippen molar-refractivity contribution in [3.63, 3.8) is 0 Å². The summed E-state index contributed by atoms with van der Waals surface area (Å²) in [6, 6.07) is 8.15. The van der Waals surface area contributed by atoms with Crippen LogP contribution in [-0.4, -0.2) is 37.9 Å². The van der Waals surface area contributed by atoms with Crippen molar-refractivity contribution in [3.8, 4) is 0 Å². The monoisotopic (exact) mass is 361 g/mol. The summed E-state index contributed by atoms with van der Waals surface area (Å²) in [4.78, 5) is 34.1. The molecular formula is C18H20ClN3O3. The first kappa shape index (κ1) is 18.9. The molecule has 132 valence electrons. The van der Waals surface area contributed by atoms with Crippen LogP contribution in [0.15, 0.2) is 36.5 Å². The summed E-state index contributed by atoms with van der Waals surface area (Å²) in [5.41, 5.74) is 0.836. The summed E-state index contributed by atoms with van der Waals surface area (Å²) in [6.45, 7) is 5.41. The number of carboxylic acids is 1. The van der Waals surface area contributed by atoms with Crippen LogP contribution in [0.25, 0.3) is 0 Å². The number of aromatic nitrogens is 2. The zero-order chi connectivity index (χ0) is 18.6. The molecule has 0 saturated carbocycles. The Kier molecular flexibility index (Phi) is 6.09. The second kappa shape index (κ2) is 8.07. The molecule has 2 rings (SSSR count). The van der Waals surface area contributed by atoms with Gasteiger partial charge >= 0.3 is 5.97 Å². The van der Waals surface area contributed by atoms with E-state index in [2.05, 4.69) is 9.97 Å². The predicted molar refractivity (Wildman–Crippen MR) is 94.5 cm³/mol. The molecule has 1 N–H and O–H groups in total. The van der Waals surface area contributed by atoms with Gasteiger partial charge in [-0.05, 0) is 12.5 Å². The lowest BCUT2D eigenvalue weighted by Gasteiger charge is -2.26. The first-order valence-electron chi connectivity index (χ1n) is 7.91. The fourth-order valence-electron chi connectivity index (χ4n) is 2.24. The van der Waals surface area contributed by atoms with E-state index in [1.807, 2.05) is 44.2 Å². The number of amides is 1. The molecule has 1 aromatic carbocycles. The van der Waals surface area contributed by atoms with Gasteiger partial charge in [-0.15, -0.1) is 0 Å². The van der Waals surface area contributed by atoms with Gasteiger partial charge in [0.1, 0.15) is 11.9 Å². The van der Waals surface area contributed by atoms with Crippen LogP contribution in [0.5, 0.6) is 0 Å². The minimum absolute atomic E-state index is 0.0169. The van der Waals surface area contributed by atoms with Crippen molar-refractivity contribution < 1.29 is 14.7 Å². The van der Waals surface area contributed by atoms with Gasteiger partial charge in [-0.2, -0.15) is 0 Å². The molecule has 25 heavy (non-hydrogen) atoms. The SMILES string of the molecule is CC(C)c1ncc(Cl)c(C(=O)N(Cc2ccccc2)C(C)C(=O)O)n1. The van der Waals surface area contributed by atoms with Gasteiger partial charge < -0.3 is 10.0 Å². The molecule has 1 unspecified atom stereocenters. The minimum atomic E-state index is -1.10. The molecule has 1 amide bonds. The third-order valence-electron chi connectivity index (χ3n) is 3.76. The van der Waals surface area contributed by atoms with Crippen LogP contribution in [0.2, 0.25) is 5.02 Å². The zero-order valence-corrected chi connectivity index (χ0v) is 15.1. The van der Waals surface area contributed by atoms with Gasteiger partial charge in [-0.3, -0.25) is 4.79 Å². The number of carbonyl (C=O) groups is 2. The smallest absolute Gasteiger partial charge is 0.326 e. The highest BCUT2D eigenvalue weighted by Gasteiger charge is 2.29. The molecule has 0 aliphatic rings. The number of rotatable bonds is 6. The lowest BCUT2D eigenvalue weighted by molar-refractivity contribution is -0.141. The van der Waals surface area contributed by atoms with Gasteiger partial charge in [0.2, 0.25) is 0 Å². The normalized spacial score (nSPS) is 12.0. The molecular weight excluding hydrogens is 342 g/mol. The van der Waals surface area contributed by atoms with Crippen LogP contribution in [-0.2, 0) is 11.3 Å². The molecule has 0 aliphatic heterocycles. The van der Waals surface area contributed by atoms with E-state index in [1.54, 1.807) is 0 Å². The zero-order valence-electron chi connectivity index (χ0n) is 14.3. The molecule has 7 heteroatoms. The van der Waals surface area contributed by atoms with Crippen molar-refractivity contribution in [2.24, 2.45) is 0 Å². The number of hydrogen-bond acceptors (Lipinski definition) is 4. The summed E-state index contributed by atoms with van der Waals surface area (Å²) in [5.74, 6) is -1.13. The molecule has 1 aromatic heterocycles. The van der Waals surface area contributed by atoms with Gasteiger partial charge in [-0.25, -0.2) is 14.8 Å². The Morgan fingerprint density at radius 1 is 1.20 bits per heavy atom. The lowest BCUT2D eigenvalue weighted by Crippen LogP contribution is -2.43. The number of carbonyl (C=O) groups excluding carboxylic acids is 1. The second-order valence-electron chi connectivity index (χ2n) is 6.01. The molecule has 1 heterocycles. The molecule has 0 radical (unpaired) electrons. The summed E-state index contributed by atoms with van der Waals surface area (Å²) < 4.78 is 0. The van der Waals surface area contributed by atoms with Gasteiger partial charge in [0.25, 0.3) is 5.91 Å². The van der Waals surface area contributed by atoms with E-state index in [9.17, 15) is 14.7 Å². The van der Waals surface area contributed by atoms with Crippen molar-refractivity contribution in [1.82, 2.24) is 14.9 Å². The number of benzene rings is 1. The van der Waals surface area contributed by atoms with E-state index in [0.29, 0.717) is 5.82 Å². The Bertz CT molecular complexity index is 765.